The van der Waals surface area contributed by atoms with Gasteiger partial charge in [0.05, 0.1) is 17.8 Å². The van der Waals surface area contributed by atoms with Gasteiger partial charge in [0.1, 0.15) is 5.56 Å². The van der Waals surface area contributed by atoms with Gasteiger partial charge in [-0.1, -0.05) is 0 Å². The van der Waals surface area contributed by atoms with Crippen LogP contribution >= 0.6 is 15.9 Å². The fraction of sp³-hybridized carbons (Fsp3) is 0.231. The number of hydrogen-bond donors (Lipinski definition) is 2. The lowest BCUT2D eigenvalue weighted by Crippen LogP contribution is -2.15. The number of carbonyl (C=O) groups excluding carboxylic acids is 1. The number of anilines is 1. The van der Waals surface area contributed by atoms with Crippen molar-refractivity contribution in [3.63, 3.8) is 0 Å². The summed E-state index contributed by atoms with van der Waals surface area (Å²) in [6, 6.07) is 3.88. The number of benzene rings is 1. The van der Waals surface area contributed by atoms with E-state index >= 15 is 0 Å². The average molecular weight is 324 g/mol. The third kappa shape index (κ3) is 2.54. The van der Waals surface area contributed by atoms with Crippen molar-refractivity contribution in [1.82, 2.24) is 4.98 Å². The smallest absolute Gasteiger partial charge is 0.341 e. The van der Waals surface area contributed by atoms with Crippen molar-refractivity contribution in [2.24, 2.45) is 5.84 Å². The molecule has 0 amide bonds. The molecule has 0 aliphatic rings. The Kier molecular flexibility index (Phi) is 4.01. The van der Waals surface area contributed by atoms with Gasteiger partial charge in [-0.15, -0.1) is 0 Å². The number of nitrogens with two attached hydrogens (primary N) is 1. The van der Waals surface area contributed by atoms with Gasteiger partial charge < -0.3 is 10.2 Å². The van der Waals surface area contributed by atoms with Crippen molar-refractivity contribution in [2.75, 3.05) is 12.0 Å². The minimum Gasteiger partial charge on any atom is -0.462 e. The molecule has 3 N–H and O–H groups in total. The molecule has 0 aliphatic carbocycles. The van der Waals surface area contributed by atoms with Crippen molar-refractivity contribution >= 4 is 38.5 Å². The molecular weight excluding hydrogens is 310 g/mol. The second kappa shape index (κ2) is 5.54. The van der Waals surface area contributed by atoms with Crippen LogP contribution in [0, 0.1) is 6.92 Å². The predicted octanol–water partition coefficient (Wildman–Crippen LogP) is 2.77. The second-order valence-electron chi connectivity index (χ2n) is 4.05. The molecule has 0 saturated heterocycles. The topological polar surface area (TPSA) is 77.2 Å². The Morgan fingerprint density at radius 2 is 2.26 bits per heavy atom. The van der Waals surface area contributed by atoms with Crippen LogP contribution in [0.25, 0.3) is 10.9 Å². The number of nitrogens with zero attached hydrogens (tertiary/aromatic N) is 1. The van der Waals surface area contributed by atoms with E-state index in [0.717, 1.165) is 20.9 Å². The molecule has 5 nitrogen and oxygen atoms in total. The largest absolute Gasteiger partial charge is 0.462 e. The number of carbonyl (C=O) groups is 1. The minimum atomic E-state index is -0.442. The molecule has 19 heavy (non-hydrogen) atoms. The summed E-state index contributed by atoms with van der Waals surface area (Å²) < 4.78 is 5.85. The second-order valence-corrected chi connectivity index (χ2v) is 4.91. The Morgan fingerprint density at radius 3 is 2.89 bits per heavy atom. The SMILES string of the molecule is CCOC(=O)c1cnc2c(Br)cc(C)cc2c1NN. The summed E-state index contributed by atoms with van der Waals surface area (Å²) >= 11 is 3.46. The first-order valence-corrected chi connectivity index (χ1v) is 6.60. The lowest BCUT2D eigenvalue weighted by Gasteiger charge is -2.12. The normalized spacial score (nSPS) is 10.5. The molecule has 0 radical (unpaired) electrons. The Hall–Kier alpha value is -1.66. The van der Waals surface area contributed by atoms with Crippen LogP contribution in [-0.2, 0) is 4.74 Å². The molecule has 0 atom stereocenters. The van der Waals surface area contributed by atoms with E-state index in [4.69, 9.17) is 10.6 Å². The standard InChI is InChI=1S/C13H14BrN3O2/c1-3-19-13(18)9-6-16-12-8(11(9)17-15)4-7(2)5-10(12)14/h4-6H,3,15H2,1-2H3,(H,16,17). The maximum atomic E-state index is 11.9. The summed E-state index contributed by atoms with van der Waals surface area (Å²) in [6.45, 7) is 4.02. The maximum Gasteiger partial charge on any atom is 0.341 e. The van der Waals surface area contributed by atoms with Crippen LogP contribution in [0.15, 0.2) is 22.8 Å². The molecule has 0 spiro atoms. The van der Waals surface area contributed by atoms with Crippen LogP contribution in [0.2, 0.25) is 0 Å². The summed E-state index contributed by atoms with van der Waals surface area (Å²) in [5, 5.41) is 0.778. The fourth-order valence-corrected chi connectivity index (χ4v) is 2.59. The van der Waals surface area contributed by atoms with E-state index in [1.165, 1.54) is 6.20 Å². The number of hydrogen-bond acceptors (Lipinski definition) is 5. The van der Waals surface area contributed by atoms with Crippen molar-refractivity contribution in [3.05, 3.63) is 33.9 Å². The Bertz CT molecular complexity index is 643. The Morgan fingerprint density at radius 1 is 1.53 bits per heavy atom. The van der Waals surface area contributed by atoms with Gasteiger partial charge in [-0.3, -0.25) is 10.8 Å². The first-order valence-electron chi connectivity index (χ1n) is 5.81. The number of nitrogen functional groups attached to an aromatic ring is 1. The molecule has 2 rings (SSSR count). The summed E-state index contributed by atoms with van der Waals surface area (Å²) in [5.74, 6) is 5.11. The summed E-state index contributed by atoms with van der Waals surface area (Å²) in [7, 11) is 0. The van der Waals surface area contributed by atoms with Crippen LogP contribution in [0.5, 0.6) is 0 Å². The predicted molar refractivity (Wildman–Crippen MR) is 77.9 cm³/mol. The Labute approximate surface area is 119 Å². The van der Waals surface area contributed by atoms with Crippen molar-refractivity contribution in [2.45, 2.75) is 13.8 Å². The van der Waals surface area contributed by atoms with Crippen LogP contribution in [0.1, 0.15) is 22.8 Å². The highest BCUT2D eigenvalue weighted by atomic mass is 79.9. The molecule has 0 saturated carbocycles. The molecule has 1 aromatic heterocycles. The zero-order valence-corrected chi connectivity index (χ0v) is 12.2. The van der Waals surface area contributed by atoms with Gasteiger partial charge in [-0.25, -0.2) is 4.79 Å². The van der Waals surface area contributed by atoms with E-state index < -0.39 is 5.97 Å². The van der Waals surface area contributed by atoms with Crippen LogP contribution in [0.3, 0.4) is 0 Å². The highest BCUT2D eigenvalue weighted by Gasteiger charge is 2.17. The number of aryl methyl sites for hydroxylation is 1. The van der Waals surface area contributed by atoms with Crippen LogP contribution < -0.4 is 11.3 Å². The van der Waals surface area contributed by atoms with E-state index in [-0.39, 0.29) is 0 Å². The molecule has 0 fully saturated rings. The van der Waals surface area contributed by atoms with Crippen molar-refractivity contribution < 1.29 is 9.53 Å². The highest BCUT2D eigenvalue weighted by molar-refractivity contribution is 9.10. The summed E-state index contributed by atoms with van der Waals surface area (Å²) in [5.41, 5.74) is 5.20. The van der Waals surface area contributed by atoms with Crippen LogP contribution in [-0.4, -0.2) is 17.6 Å². The molecule has 100 valence electrons. The highest BCUT2D eigenvalue weighted by Crippen LogP contribution is 2.31. The van der Waals surface area contributed by atoms with Gasteiger partial charge in [0.25, 0.3) is 0 Å². The summed E-state index contributed by atoms with van der Waals surface area (Å²) in [6.07, 6.45) is 1.47. The number of aromatic nitrogens is 1. The fourth-order valence-electron chi connectivity index (χ4n) is 1.91. The minimum absolute atomic E-state index is 0.304. The lowest BCUT2D eigenvalue weighted by molar-refractivity contribution is 0.0527. The lowest BCUT2D eigenvalue weighted by atomic mass is 10.1. The molecule has 6 heteroatoms. The number of pyridine rings is 1. The number of hydrazine groups is 1. The van der Waals surface area contributed by atoms with Gasteiger partial charge in [0, 0.05) is 16.1 Å². The molecule has 0 bridgehead atoms. The zero-order chi connectivity index (χ0) is 14.0. The number of nitrogens with one attached hydrogen (secondary N) is 1. The number of rotatable bonds is 3. The summed E-state index contributed by atoms with van der Waals surface area (Å²) in [4.78, 5) is 16.2. The molecule has 1 heterocycles. The van der Waals surface area contributed by atoms with E-state index in [9.17, 15) is 4.79 Å². The first-order chi connectivity index (χ1) is 9.08. The van der Waals surface area contributed by atoms with Gasteiger partial charge in [-0.2, -0.15) is 0 Å². The molecule has 2 aromatic rings. The van der Waals surface area contributed by atoms with E-state index in [2.05, 4.69) is 26.3 Å². The Balaban J connectivity index is 2.72. The van der Waals surface area contributed by atoms with Gasteiger partial charge >= 0.3 is 5.97 Å². The van der Waals surface area contributed by atoms with E-state index in [1.807, 2.05) is 19.1 Å². The quantitative estimate of drug-likeness (QED) is 0.516. The number of esters is 1. The monoisotopic (exact) mass is 323 g/mol. The van der Waals surface area contributed by atoms with Gasteiger partial charge in [0.2, 0.25) is 0 Å². The van der Waals surface area contributed by atoms with Crippen molar-refractivity contribution in [3.8, 4) is 0 Å². The van der Waals surface area contributed by atoms with Crippen LogP contribution in [0.4, 0.5) is 5.69 Å². The number of fused-ring (bicyclic) bond motifs is 1. The third-order valence-electron chi connectivity index (χ3n) is 2.71. The average Bonchev–Trinajstić information content (AvgIpc) is 2.37. The zero-order valence-electron chi connectivity index (χ0n) is 10.7. The van der Waals surface area contributed by atoms with Crippen molar-refractivity contribution in [1.29, 1.82) is 0 Å². The number of ether oxygens (including phenoxy) is 1. The molecule has 0 aliphatic heterocycles. The third-order valence-corrected chi connectivity index (χ3v) is 3.31. The van der Waals surface area contributed by atoms with E-state index in [1.54, 1.807) is 6.92 Å². The molecule has 1 aromatic carbocycles. The maximum absolute atomic E-state index is 11.9. The molecular formula is C13H14BrN3O2. The number of halogens is 1. The molecule has 0 unspecified atom stereocenters. The van der Waals surface area contributed by atoms with E-state index in [0.29, 0.717) is 17.9 Å². The first kappa shape index (κ1) is 13.8. The van der Waals surface area contributed by atoms with Gasteiger partial charge in [0.15, 0.2) is 0 Å². The van der Waals surface area contributed by atoms with Gasteiger partial charge in [-0.05, 0) is 47.5 Å².